The number of hydrogen-bond donors (Lipinski definition) is 0. The second-order valence-corrected chi connectivity index (χ2v) is 3.60. The number of nitrogens with zero attached hydrogens (tertiary/aromatic N) is 1. The summed E-state index contributed by atoms with van der Waals surface area (Å²) in [5.41, 5.74) is 1.99. The van der Waals surface area contributed by atoms with Gasteiger partial charge in [-0.2, -0.15) is 0 Å². The standard InChI is InChI=1S/C15H15NO/c1-2-17-15-10-6-7-13(11-15)12-16-14-8-4-3-5-9-14/h3-12H,2H2,1H3. The normalized spacial score (nSPS) is 10.6. The van der Waals surface area contributed by atoms with Crippen LogP contribution in [-0.2, 0) is 0 Å². The van der Waals surface area contributed by atoms with E-state index in [1.165, 1.54) is 0 Å². The first kappa shape index (κ1) is 11.4. The van der Waals surface area contributed by atoms with Crippen LogP contribution in [0.3, 0.4) is 0 Å². The number of rotatable bonds is 4. The predicted molar refractivity (Wildman–Crippen MR) is 71.3 cm³/mol. The molecule has 2 aromatic rings. The molecule has 0 aliphatic carbocycles. The zero-order valence-electron chi connectivity index (χ0n) is 9.84. The van der Waals surface area contributed by atoms with E-state index in [-0.39, 0.29) is 0 Å². The Balaban J connectivity index is 2.13. The Hall–Kier alpha value is -2.09. The highest BCUT2D eigenvalue weighted by molar-refractivity contribution is 5.82. The van der Waals surface area contributed by atoms with Gasteiger partial charge >= 0.3 is 0 Å². The van der Waals surface area contributed by atoms with Crippen LogP contribution >= 0.6 is 0 Å². The molecule has 0 bridgehead atoms. The van der Waals surface area contributed by atoms with Crippen molar-refractivity contribution < 1.29 is 4.74 Å². The van der Waals surface area contributed by atoms with Crippen LogP contribution in [0.1, 0.15) is 12.5 Å². The molecule has 0 fully saturated rings. The maximum atomic E-state index is 5.44. The molecule has 0 aliphatic heterocycles. The van der Waals surface area contributed by atoms with Gasteiger partial charge in [-0.1, -0.05) is 30.3 Å². The molecule has 0 amide bonds. The third kappa shape index (κ3) is 3.45. The topological polar surface area (TPSA) is 21.6 Å². The predicted octanol–water partition coefficient (Wildman–Crippen LogP) is 3.84. The Kier molecular flexibility index (Phi) is 3.92. The second-order valence-electron chi connectivity index (χ2n) is 3.60. The summed E-state index contributed by atoms with van der Waals surface area (Å²) in [5, 5.41) is 0. The molecule has 0 saturated heterocycles. The van der Waals surface area contributed by atoms with Gasteiger partial charge in [0.2, 0.25) is 0 Å². The van der Waals surface area contributed by atoms with E-state index >= 15 is 0 Å². The summed E-state index contributed by atoms with van der Waals surface area (Å²) in [6, 6.07) is 17.8. The van der Waals surface area contributed by atoms with Crippen molar-refractivity contribution in [2.24, 2.45) is 4.99 Å². The quantitative estimate of drug-likeness (QED) is 0.724. The van der Waals surface area contributed by atoms with Gasteiger partial charge in [-0.05, 0) is 36.8 Å². The molecule has 0 aliphatic rings. The molecule has 0 spiro atoms. The van der Waals surface area contributed by atoms with Crippen LogP contribution in [0.2, 0.25) is 0 Å². The molecule has 2 heteroatoms. The fourth-order valence-electron chi connectivity index (χ4n) is 1.51. The monoisotopic (exact) mass is 225 g/mol. The molecular formula is C15H15NO. The maximum Gasteiger partial charge on any atom is 0.119 e. The van der Waals surface area contributed by atoms with Crippen molar-refractivity contribution >= 4 is 11.9 Å². The van der Waals surface area contributed by atoms with Crippen molar-refractivity contribution in [3.63, 3.8) is 0 Å². The number of ether oxygens (including phenoxy) is 1. The van der Waals surface area contributed by atoms with Crippen LogP contribution < -0.4 is 4.74 Å². The van der Waals surface area contributed by atoms with Gasteiger partial charge in [0.25, 0.3) is 0 Å². The van der Waals surface area contributed by atoms with Gasteiger partial charge in [-0.15, -0.1) is 0 Å². The molecule has 0 unspecified atom stereocenters. The van der Waals surface area contributed by atoms with Crippen molar-refractivity contribution in [3.05, 3.63) is 60.2 Å². The van der Waals surface area contributed by atoms with Gasteiger partial charge in [-0.3, -0.25) is 4.99 Å². The van der Waals surface area contributed by atoms with E-state index in [4.69, 9.17) is 4.74 Å². The van der Waals surface area contributed by atoms with Crippen LogP contribution in [0.4, 0.5) is 5.69 Å². The average molecular weight is 225 g/mol. The van der Waals surface area contributed by atoms with Crippen LogP contribution in [0.5, 0.6) is 5.75 Å². The third-order valence-electron chi connectivity index (χ3n) is 2.29. The Morgan fingerprint density at radius 1 is 1.06 bits per heavy atom. The summed E-state index contributed by atoms with van der Waals surface area (Å²) in [6.07, 6.45) is 1.85. The van der Waals surface area contributed by atoms with Gasteiger partial charge in [0.15, 0.2) is 0 Å². The molecule has 2 nitrogen and oxygen atoms in total. The molecule has 0 saturated carbocycles. The summed E-state index contributed by atoms with van der Waals surface area (Å²) in [7, 11) is 0. The summed E-state index contributed by atoms with van der Waals surface area (Å²) in [4.78, 5) is 4.40. The first-order valence-corrected chi connectivity index (χ1v) is 5.70. The van der Waals surface area contributed by atoms with Crippen LogP contribution in [-0.4, -0.2) is 12.8 Å². The highest BCUT2D eigenvalue weighted by Gasteiger charge is 1.93. The zero-order chi connectivity index (χ0) is 11.9. The summed E-state index contributed by atoms with van der Waals surface area (Å²) >= 11 is 0. The molecule has 0 heterocycles. The lowest BCUT2D eigenvalue weighted by Gasteiger charge is -2.02. The van der Waals surface area contributed by atoms with Crippen LogP contribution in [0, 0.1) is 0 Å². The minimum atomic E-state index is 0.680. The molecule has 0 atom stereocenters. The smallest absolute Gasteiger partial charge is 0.119 e. The molecule has 0 radical (unpaired) electrons. The molecular weight excluding hydrogens is 210 g/mol. The highest BCUT2D eigenvalue weighted by Crippen LogP contribution is 2.14. The van der Waals surface area contributed by atoms with Crippen LogP contribution in [0.25, 0.3) is 0 Å². The molecule has 0 aromatic heterocycles. The van der Waals surface area contributed by atoms with Crippen molar-refractivity contribution in [1.82, 2.24) is 0 Å². The van der Waals surface area contributed by atoms with E-state index in [0.29, 0.717) is 6.61 Å². The Morgan fingerprint density at radius 3 is 2.65 bits per heavy atom. The maximum absolute atomic E-state index is 5.44. The highest BCUT2D eigenvalue weighted by atomic mass is 16.5. The van der Waals surface area contributed by atoms with Gasteiger partial charge in [-0.25, -0.2) is 0 Å². The van der Waals surface area contributed by atoms with E-state index < -0.39 is 0 Å². The van der Waals surface area contributed by atoms with E-state index in [1.54, 1.807) is 0 Å². The average Bonchev–Trinajstić information content (AvgIpc) is 2.39. The van der Waals surface area contributed by atoms with E-state index in [1.807, 2.05) is 67.7 Å². The SMILES string of the molecule is CCOc1cccc(C=Nc2ccccc2)c1. The number of aliphatic imine (C=N–C) groups is 1. The van der Waals surface area contributed by atoms with Crippen molar-refractivity contribution in [1.29, 1.82) is 0 Å². The Bertz CT molecular complexity index is 491. The summed E-state index contributed by atoms with van der Waals surface area (Å²) < 4.78 is 5.44. The minimum absolute atomic E-state index is 0.680. The summed E-state index contributed by atoms with van der Waals surface area (Å²) in [6.45, 7) is 2.66. The lowest BCUT2D eigenvalue weighted by Crippen LogP contribution is -1.91. The number of para-hydroxylation sites is 1. The van der Waals surface area contributed by atoms with Gasteiger partial charge in [0, 0.05) is 6.21 Å². The lowest BCUT2D eigenvalue weighted by atomic mass is 10.2. The van der Waals surface area contributed by atoms with Gasteiger partial charge < -0.3 is 4.74 Å². The summed E-state index contributed by atoms with van der Waals surface area (Å²) in [5.74, 6) is 0.879. The molecule has 2 rings (SSSR count). The van der Waals surface area contributed by atoms with E-state index in [9.17, 15) is 0 Å². The lowest BCUT2D eigenvalue weighted by molar-refractivity contribution is 0.340. The molecule has 86 valence electrons. The molecule has 2 aromatic carbocycles. The van der Waals surface area contributed by atoms with Gasteiger partial charge in [0.05, 0.1) is 12.3 Å². The fourth-order valence-corrected chi connectivity index (χ4v) is 1.51. The Labute approximate surface area is 102 Å². The largest absolute Gasteiger partial charge is 0.494 e. The first-order valence-electron chi connectivity index (χ1n) is 5.70. The van der Waals surface area contributed by atoms with Crippen molar-refractivity contribution in [3.8, 4) is 5.75 Å². The number of benzene rings is 2. The molecule has 17 heavy (non-hydrogen) atoms. The molecule has 0 N–H and O–H groups in total. The van der Waals surface area contributed by atoms with E-state index in [2.05, 4.69) is 4.99 Å². The fraction of sp³-hybridized carbons (Fsp3) is 0.133. The second kappa shape index (κ2) is 5.85. The zero-order valence-corrected chi connectivity index (χ0v) is 9.84. The number of hydrogen-bond acceptors (Lipinski definition) is 2. The van der Waals surface area contributed by atoms with Crippen molar-refractivity contribution in [2.45, 2.75) is 6.92 Å². The third-order valence-corrected chi connectivity index (χ3v) is 2.29. The minimum Gasteiger partial charge on any atom is -0.494 e. The Morgan fingerprint density at radius 2 is 1.88 bits per heavy atom. The van der Waals surface area contributed by atoms with Crippen LogP contribution in [0.15, 0.2) is 59.6 Å². The van der Waals surface area contributed by atoms with E-state index in [0.717, 1.165) is 17.0 Å². The van der Waals surface area contributed by atoms with Gasteiger partial charge in [0.1, 0.15) is 5.75 Å². The van der Waals surface area contributed by atoms with Crippen molar-refractivity contribution in [2.75, 3.05) is 6.61 Å². The first-order chi connectivity index (χ1) is 8.38.